The van der Waals surface area contributed by atoms with E-state index in [0.717, 1.165) is 17.8 Å². The molecule has 2 rings (SSSR count). The Morgan fingerprint density at radius 2 is 1.77 bits per heavy atom. The lowest BCUT2D eigenvalue weighted by molar-refractivity contribution is 0.250. The quantitative estimate of drug-likeness (QED) is 0.784. The van der Waals surface area contributed by atoms with Crippen LogP contribution in [-0.2, 0) is 6.42 Å². The molecule has 2 aromatic rings. The van der Waals surface area contributed by atoms with Gasteiger partial charge in [0.05, 0.1) is 11.9 Å². The molecule has 0 saturated carbocycles. The van der Waals surface area contributed by atoms with Crippen molar-refractivity contribution in [3.05, 3.63) is 48.2 Å². The molecule has 22 heavy (non-hydrogen) atoms. The van der Waals surface area contributed by atoms with Gasteiger partial charge in [-0.05, 0) is 50.1 Å². The van der Waals surface area contributed by atoms with Gasteiger partial charge in [0.25, 0.3) is 0 Å². The highest BCUT2D eigenvalue weighted by atomic mass is 16.2. The molecule has 0 unspecified atom stereocenters. The number of amides is 2. The van der Waals surface area contributed by atoms with Crippen molar-refractivity contribution in [2.75, 3.05) is 10.6 Å². The van der Waals surface area contributed by atoms with Gasteiger partial charge < -0.3 is 10.6 Å². The molecule has 0 aliphatic carbocycles. The lowest BCUT2D eigenvalue weighted by Crippen LogP contribution is -2.34. The van der Waals surface area contributed by atoms with E-state index >= 15 is 0 Å². The van der Waals surface area contributed by atoms with Gasteiger partial charge in [-0.15, -0.1) is 0 Å². The van der Waals surface area contributed by atoms with E-state index < -0.39 is 0 Å². The number of nitrogens with zero attached hydrogens (tertiary/aromatic N) is 1. The highest BCUT2D eigenvalue weighted by Gasteiger charge is 2.04. The summed E-state index contributed by atoms with van der Waals surface area (Å²) in [7, 11) is 0. The number of nitrogens with one attached hydrogen (secondary N) is 3. The van der Waals surface area contributed by atoms with Gasteiger partial charge in [-0.2, -0.15) is 0 Å². The number of hydrogen-bond acceptors (Lipinski definition) is 3. The average molecular weight is 298 g/mol. The molecule has 1 aromatic heterocycles. The lowest BCUT2D eigenvalue weighted by Gasteiger charge is -2.10. The van der Waals surface area contributed by atoms with Gasteiger partial charge in [0.15, 0.2) is 0 Å². The molecule has 0 saturated heterocycles. The predicted molar refractivity (Wildman–Crippen MR) is 90.6 cm³/mol. The van der Waals surface area contributed by atoms with Gasteiger partial charge in [0.2, 0.25) is 0 Å². The molecule has 0 bridgehead atoms. The van der Waals surface area contributed by atoms with E-state index in [4.69, 9.17) is 0 Å². The molecular weight excluding hydrogens is 276 g/mol. The molecule has 5 heteroatoms. The first-order valence-corrected chi connectivity index (χ1v) is 7.46. The number of benzene rings is 1. The molecule has 3 N–H and O–H groups in total. The highest BCUT2D eigenvalue weighted by molar-refractivity contribution is 5.88. The van der Waals surface area contributed by atoms with Crippen LogP contribution in [0.1, 0.15) is 26.3 Å². The zero-order chi connectivity index (χ0) is 15.9. The van der Waals surface area contributed by atoms with E-state index in [2.05, 4.69) is 40.0 Å². The Hall–Kier alpha value is -2.56. The van der Waals surface area contributed by atoms with Crippen LogP contribution in [0.15, 0.2) is 42.6 Å². The fourth-order valence-corrected chi connectivity index (χ4v) is 1.95. The molecule has 0 atom stereocenters. The van der Waals surface area contributed by atoms with Gasteiger partial charge in [0.1, 0.15) is 5.82 Å². The van der Waals surface area contributed by atoms with Crippen LogP contribution in [-0.4, -0.2) is 17.1 Å². The third-order valence-corrected chi connectivity index (χ3v) is 3.08. The van der Waals surface area contributed by atoms with Crippen LogP contribution in [0.4, 0.5) is 22.0 Å². The lowest BCUT2D eigenvalue weighted by atomic mass is 10.1. The number of hydrogen-bond donors (Lipinski definition) is 3. The number of pyridine rings is 1. The van der Waals surface area contributed by atoms with Crippen molar-refractivity contribution in [3.63, 3.8) is 0 Å². The summed E-state index contributed by atoms with van der Waals surface area (Å²) in [5, 5.41) is 8.72. The van der Waals surface area contributed by atoms with Gasteiger partial charge in [-0.3, -0.25) is 5.32 Å². The van der Waals surface area contributed by atoms with Crippen LogP contribution >= 0.6 is 0 Å². The first-order valence-electron chi connectivity index (χ1n) is 7.46. The number of carbonyl (C=O) groups excluding carboxylic acids is 1. The molecule has 1 heterocycles. The monoisotopic (exact) mass is 298 g/mol. The maximum atomic E-state index is 11.6. The molecule has 0 spiro atoms. The second-order valence-corrected chi connectivity index (χ2v) is 5.36. The topological polar surface area (TPSA) is 66.0 Å². The smallest absolute Gasteiger partial charge is 0.320 e. The van der Waals surface area contributed by atoms with Crippen molar-refractivity contribution in [3.8, 4) is 0 Å². The van der Waals surface area contributed by atoms with Crippen LogP contribution < -0.4 is 16.0 Å². The molecule has 2 amide bonds. The molecule has 5 nitrogen and oxygen atoms in total. The Morgan fingerprint density at radius 1 is 1.09 bits per heavy atom. The van der Waals surface area contributed by atoms with E-state index in [1.807, 2.05) is 32.0 Å². The van der Waals surface area contributed by atoms with Crippen LogP contribution in [0.2, 0.25) is 0 Å². The highest BCUT2D eigenvalue weighted by Crippen LogP contribution is 2.17. The zero-order valence-electron chi connectivity index (χ0n) is 13.2. The van der Waals surface area contributed by atoms with Crippen molar-refractivity contribution in [1.82, 2.24) is 10.3 Å². The second kappa shape index (κ2) is 7.45. The maximum Gasteiger partial charge on any atom is 0.320 e. The molecule has 0 aliphatic heterocycles. The van der Waals surface area contributed by atoms with Gasteiger partial charge >= 0.3 is 6.03 Å². The fraction of sp³-hybridized carbons (Fsp3) is 0.294. The summed E-state index contributed by atoms with van der Waals surface area (Å²) in [6.45, 7) is 5.95. The molecule has 116 valence electrons. The third kappa shape index (κ3) is 4.77. The largest absolute Gasteiger partial charge is 0.354 e. The van der Waals surface area contributed by atoms with Crippen molar-refractivity contribution < 1.29 is 4.79 Å². The summed E-state index contributed by atoms with van der Waals surface area (Å²) >= 11 is 0. The van der Waals surface area contributed by atoms with Crippen molar-refractivity contribution in [1.29, 1.82) is 0 Å². The average Bonchev–Trinajstić information content (AvgIpc) is 2.49. The Kier molecular flexibility index (Phi) is 5.36. The Balaban J connectivity index is 1.94. The van der Waals surface area contributed by atoms with E-state index in [0.29, 0.717) is 5.82 Å². The summed E-state index contributed by atoms with van der Waals surface area (Å²) in [4.78, 5) is 15.8. The first kappa shape index (κ1) is 15.8. The van der Waals surface area contributed by atoms with E-state index in [1.165, 1.54) is 5.56 Å². The molecule has 0 aliphatic rings. The van der Waals surface area contributed by atoms with Crippen LogP contribution in [0, 0.1) is 0 Å². The standard InChI is InChI=1S/C17H22N4O/c1-4-13-5-7-14(8-6-13)20-15-9-10-16(18-11-15)21-17(22)19-12(2)3/h5-12,20H,4H2,1-3H3,(H2,18,19,21,22). The summed E-state index contributed by atoms with van der Waals surface area (Å²) < 4.78 is 0. The Labute approximate surface area is 131 Å². The minimum absolute atomic E-state index is 0.0898. The molecule has 0 fully saturated rings. The minimum Gasteiger partial charge on any atom is -0.354 e. The van der Waals surface area contributed by atoms with E-state index in [-0.39, 0.29) is 12.1 Å². The number of rotatable bonds is 5. The normalized spacial score (nSPS) is 10.4. The van der Waals surface area contributed by atoms with Crippen molar-refractivity contribution in [2.24, 2.45) is 0 Å². The predicted octanol–water partition coefficient (Wildman–Crippen LogP) is 3.92. The van der Waals surface area contributed by atoms with Crippen LogP contribution in [0.3, 0.4) is 0 Å². The SMILES string of the molecule is CCc1ccc(Nc2ccc(NC(=O)NC(C)C)nc2)cc1. The van der Waals surface area contributed by atoms with Crippen LogP contribution in [0.5, 0.6) is 0 Å². The van der Waals surface area contributed by atoms with E-state index in [9.17, 15) is 4.79 Å². The zero-order valence-corrected chi connectivity index (χ0v) is 13.2. The molecule has 0 radical (unpaired) electrons. The number of urea groups is 1. The number of carbonyl (C=O) groups is 1. The fourth-order valence-electron chi connectivity index (χ4n) is 1.95. The third-order valence-electron chi connectivity index (χ3n) is 3.08. The molecule has 1 aromatic carbocycles. The van der Waals surface area contributed by atoms with Crippen molar-refractivity contribution >= 4 is 23.2 Å². The number of aromatic nitrogens is 1. The van der Waals surface area contributed by atoms with Crippen LogP contribution in [0.25, 0.3) is 0 Å². The number of anilines is 3. The van der Waals surface area contributed by atoms with Gasteiger partial charge in [-0.25, -0.2) is 9.78 Å². The Bertz CT molecular complexity index is 606. The summed E-state index contributed by atoms with van der Waals surface area (Å²) in [6.07, 6.45) is 2.72. The number of aryl methyl sites for hydroxylation is 1. The minimum atomic E-state index is -0.252. The molecular formula is C17H22N4O. The second-order valence-electron chi connectivity index (χ2n) is 5.36. The first-order chi connectivity index (χ1) is 10.6. The maximum absolute atomic E-state index is 11.6. The van der Waals surface area contributed by atoms with Crippen molar-refractivity contribution in [2.45, 2.75) is 33.2 Å². The Morgan fingerprint density at radius 3 is 2.32 bits per heavy atom. The van der Waals surface area contributed by atoms with E-state index in [1.54, 1.807) is 12.3 Å². The van der Waals surface area contributed by atoms with Gasteiger partial charge in [0, 0.05) is 11.7 Å². The van der Waals surface area contributed by atoms with Gasteiger partial charge in [-0.1, -0.05) is 19.1 Å². The summed E-state index contributed by atoms with van der Waals surface area (Å²) in [5.41, 5.74) is 3.19. The summed E-state index contributed by atoms with van der Waals surface area (Å²) in [5.74, 6) is 0.519. The summed E-state index contributed by atoms with van der Waals surface area (Å²) in [6, 6.07) is 11.8.